The van der Waals surface area contributed by atoms with Gasteiger partial charge < -0.3 is 0 Å². The Morgan fingerprint density at radius 2 is 2.21 bits per heavy atom. The topological polar surface area (TPSA) is 30.0 Å². The Labute approximate surface area is 82.6 Å². The summed E-state index contributed by atoms with van der Waals surface area (Å²) in [5.74, 6) is 0. The molecular weight excluding hydrogens is 174 g/mol. The van der Waals surface area contributed by atoms with Crippen LogP contribution in [0.2, 0.25) is 0 Å². The maximum atomic E-state index is 10.8. The zero-order valence-corrected chi connectivity index (χ0v) is 8.03. The number of pyridine rings is 1. The summed E-state index contributed by atoms with van der Waals surface area (Å²) in [4.78, 5) is 14.8. The number of hydrogen-bond donors (Lipinski definition) is 0. The van der Waals surface area contributed by atoms with Crippen LogP contribution in [0.5, 0.6) is 0 Å². The second kappa shape index (κ2) is 3.58. The molecule has 2 heteroatoms. The molecule has 2 rings (SSSR count). The highest BCUT2D eigenvalue weighted by Gasteiger charge is 2.01. The highest BCUT2D eigenvalue weighted by Crippen LogP contribution is 2.17. The summed E-state index contributed by atoms with van der Waals surface area (Å²) in [7, 11) is 0. The van der Waals surface area contributed by atoms with Crippen LogP contribution in [0.1, 0.15) is 23.0 Å². The van der Waals surface area contributed by atoms with E-state index in [-0.39, 0.29) is 0 Å². The number of nitrogens with zero attached hydrogens (tertiary/aromatic N) is 1. The summed E-state index contributed by atoms with van der Waals surface area (Å²) in [5.41, 5.74) is 1.76. The largest absolute Gasteiger partial charge is 0.296 e. The number of aldehydes is 1. The third-order valence-electron chi connectivity index (χ3n) is 2.38. The first-order chi connectivity index (χ1) is 6.85. The lowest BCUT2D eigenvalue weighted by Crippen LogP contribution is -1.89. The van der Waals surface area contributed by atoms with Crippen LogP contribution in [0.25, 0.3) is 10.8 Å². The summed E-state index contributed by atoms with van der Waals surface area (Å²) < 4.78 is 0. The molecule has 2 aromatic rings. The SMILES string of the molecule is CCc1ccc2ccnc(C=O)c2c1. The fourth-order valence-corrected chi connectivity index (χ4v) is 1.55. The van der Waals surface area contributed by atoms with Crippen LogP contribution >= 0.6 is 0 Å². The van der Waals surface area contributed by atoms with Crippen LogP contribution in [0.3, 0.4) is 0 Å². The van der Waals surface area contributed by atoms with Crippen molar-refractivity contribution in [3.63, 3.8) is 0 Å². The van der Waals surface area contributed by atoms with Crippen molar-refractivity contribution in [2.45, 2.75) is 13.3 Å². The van der Waals surface area contributed by atoms with Crippen molar-refractivity contribution in [2.75, 3.05) is 0 Å². The number of aryl methyl sites for hydroxylation is 1. The molecule has 0 bridgehead atoms. The van der Waals surface area contributed by atoms with Gasteiger partial charge in [0.05, 0.1) is 0 Å². The monoisotopic (exact) mass is 185 g/mol. The second-order valence-electron chi connectivity index (χ2n) is 3.22. The predicted octanol–water partition coefficient (Wildman–Crippen LogP) is 2.61. The molecule has 1 heterocycles. The first kappa shape index (κ1) is 8.88. The molecule has 0 atom stereocenters. The predicted molar refractivity (Wildman–Crippen MR) is 56.5 cm³/mol. The average Bonchev–Trinajstić information content (AvgIpc) is 2.27. The molecular formula is C12H11NO. The Bertz CT molecular complexity index is 477. The quantitative estimate of drug-likeness (QED) is 0.673. The number of carbonyl (C=O) groups excluding carboxylic acids is 1. The van der Waals surface area contributed by atoms with Crippen LogP contribution in [0.4, 0.5) is 0 Å². The van der Waals surface area contributed by atoms with E-state index in [0.717, 1.165) is 23.5 Å². The van der Waals surface area contributed by atoms with Gasteiger partial charge >= 0.3 is 0 Å². The van der Waals surface area contributed by atoms with E-state index in [9.17, 15) is 4.79 Å². The maximum Gasteiger partial charge on any atom is 0.169 e. The van der Waals surface area contributed by atoms with E-state index in [0.29, 0.717) is 5.69 Å². The third kappa shape index (κ3) is 1.39. The van der Waals surface area contributed by atoms with Gasteiger partial charge in [0.2, 0.25) is 0 Å². The van der Waals surface area contributed by atoms with E-state index < -0.39 is 0 Å². The van der Waals surface area contributed by atoms with Gasteiger partial charge in [0.25, 0.3) is 0 Å². The molecule has 70 valence electrons. The van der Waals surface area contributed by atoms with E-state index in [1.54, 1.807) is 6.20 Å². The number of hydrogen-bond acceptors (Lipinski definition) is 2. The lowest BCUT2D eigenvalue weighted by molar-refractivity contribution is 0.112. The Morgan fingerprint density at radius 3 is 2.93 bits per heavy atom. The van der Waals surface area contributed by atoms with Crippen LogP contribution in [-0.2, 0) is 6.42 Å². The smallest absolute Gasteiger partial charge is 0.169 e. The first-order valence-electron chi connectivity index (χ1n) is 4.68. The van der Waals surface area contributed by atoms with E-state index in [1.165, 1.54) is 5.56 Å². The zero-order valence-electron chi connectivity index (χ0n) is 8.03. The van der Waals surface area contributed by atoms with Gasteiger partial charge in [0.15, 0.2) is 6.29 Å². The minimum Gasteiger partial charge on any atom is -0.296 e. The minimum atomic E-state index is 0.526. The van der Waals surface area contributed by atoms with E-state index in [1.807, 2.05) is 18.2 Å². The van der Waals surface area contributed by atoms with Crippen molar-refractivity contribution in [3.05, 3.63) is 41.7 Å². The van der Waals surface area contributed by atoms with Crippen molar-refractivity contribution < 1.29 is 4.79 Å². The Balaban J connectivity index is 2.76. The van der Waals surface area contributed by atoms with Gasteiger partial charge in [0, 0.05) is 11.6 Å². The van der Waals surface area contributed by atoms with Crippen molar-refractivity contribution in [1.29, 1.82) is 0 Å². The third-order valence-corrected chi connectivity index (χ3v) is 2.38. The molecule has 0 amide bonds. The number of rotatable bonds is 2. The lowest BCUT2D eigenvalue weighted by Gasteiger charge is -2.02. The second-order valence-corrected chi connectivity index (χ2v) is 3.22. The van der Waals surface area contributed by atoms with Crippen LogP contribution in [0.15, 0.2) is 30.5 Å². The van der Waals surface area contributed by atoms with Crippen molar-refractivity contribution in [1.82, 2.24) is 4.98 Å². The Kier molecular flexibility index (Phi) is 2.27. The molecule has 0 aliphatic carbocycles. The molecule has 0 radical (unpaired) electrons. The fraction of sp³-hybridized carbons (Fsp3) is 0.167. The Hall–Kier alpha value is -1.70. The molecule has 0 N–H and O–H groups in total. The van der Waals surface area contributed by atoms with Gasteiger partial charge in [-0.25, -0.2) is 0 Å². The highest BCUT2D eigenvalue weighted by molar-refractivity contribution is 5.96. The van der Waals surface area contributed by atoms with Crippen LogP contribution in [-0.4, -0.2) is 11.3 Å². The van der Waals surface area contributed by atoms with E-state index >= 15 is 0 Å². The number of benzene rings is 1. The van der Waals surface area contributed by atoms with Gasteiger partial charge in [-0.2, -0.15) is 0 Å². The molecule has 0 aliphatic heterocycles. The van der Waals surface area contributed by atoms with Gasteiger partial charge in [0.1, 0.15) is 5.69 Å². The molecule has 0 fully saturated rings. The van der Waals surface area contributed by atoms with Crippen LogP contribution in [0, 0.1) is 0 Å². The fourth-order valence-electron chi connectivity index (χ4n) is 1.55. The number of aromatic nitrogens is 1. The summed E-state index contributed by atoms with van der Waals surface area (Å²) in [6.45, 7) is 2.10. The van der Waals surface area contributed by atoms with Crippen molar-refractivity contribution in [3.8, 4) is 0 Å². The molecule has 0 unspecified atom stereocenters. The number of fused-ring (bicyclic) bond motifs is 1. The number of carbonyl (C=O) groups is 1. The van der Waals surface area contributed by atoms with Crippen LogP contribution < -0.4 is 0 Å². The summed E-state index contributed by atoms with van der Waals surface area (Å²) >= 11 is 0. The van der Waals surface area contributed by atoms with Crippen molar-refractivity contribution >= 4 is 17.1 Å². The van der Waals surface area contributed by atoms with Crippen molar-refractivity contribution in [2.24, 2.45) is 0 Å². The Morgan fingerprint density at radius 1 is 1.36 bits per heavy atom. The minimum absolute atomic E-state index is 0.526. The average molecular weight is 185 g/mol. The summed E-state index contributed by atoms with van der Waals surface area (Å²) in [5, 5.41) is 2.01. The van der Waals surface area contributed by atoms with Gasteiger partial charge in [-0.1, -0.05) is 19.1 Å². The van der Waals surface area contributed by atoms with Gasteiger partial charge in [-0.3, -0.25) is 9.78 Å². The van der Waals surface area contributed by atoms with Gasteiger partial charge in [-0.15, -0.1) is 0 Å². The molecule has 0 aliphatic rings. The molecule has 0 saturated carbocycles. The molecule has 0 spiro atoms. The summed E-state index contributed by atoms with van der Waals surface area (Å²) in [6.07, 6.45) is 3.45. The zero-order chi connectivity index (χ0) is 9.97. The maximum absolute atomic E-state index is 10.8. The summed E-state index contributed by atoms with van der Waals surface area (Å²) in [6, 6.07) is 8.06. The molecule has 1 aromatic heterocycles. The lowest BCUT2D eigenvalue weighted by atomic mass is 10.1. The van der Waals surface area contributed by atoms with E-state index in [4.69, 9.17) is 0 Å². The molecule has 0 saturated heterocycles. The first-order valence-corrected chi connectivity index (χ1v) is 4.68. The van der Waals surface area contributed by atoms with E-state index in [2.05, 4.69) is 18.0 Å². The molecule has 1 aromatic carbocycles. The standard InChI is InChI=1S/C12H11NO/c1-2-9-3-4-10-5-6-13-12(8-14)11(10)7-9/h3-8H,2H2,1H3. The molecule has 14 heavy (non-hydrogen) atoms. The normalized spacial score (nSPS) is 10.4. The molecule has 2 nitrogen and oxygen atoms in total. The van der Waals surface area contributed by atoms with Gasteiger partial charge in [-0.05, 0) is 29.5 Å². The highest BCUT2D eigenvalue weighted by atomic mass is 16.1.